The predicted molar refractivity (Wildman–Crippen MR) is 143 cm³/mol. The van der Waals surface area contributed by atoms with Gasteiger partial charge in [0.25, 0.3) is 0 Å². The van der Waals surface area contributed by atoms with Gasteiger partial charge in [0.15, 0.2) is 0 Å². The molecule has 3 aromatic heterocycles. The summed E-state index contributed by atoms with van der Waals surface area (Å²) >= 11 is 0. The van der Waals surface area contributed by atoms with Gasteiger partial charge in [-0.1, -0.05) is 0 Å². The number of aliphatic imine (C=N–C) groups is 1. The fourth-order valence-corrected chi connectivity index (χ4v) is 6.20. The molecule has 2 N–H and O–H groups in total. The van der Waals surface area contributed by atoms with Gasteiger partial charge in [-0.25, -0.2) is 4.98 Å². The van der Waals surface area contributed by atoms with Gasteiger partial charge in [0, 0.05) is 68.2 Å². The number of aromatic nitrogens is 4. The van der Waals surface area contributed by atoms with Crippen LogP contribution in [0.4, 0.5) is 19.0 Å². The van der Waals surface area contributed by atoms with Gasteiger partial charge in [-0.05, 0) is 37.0 Å². The lowest BCUT2D eigenvalue weighted by Gasteiger charge is -2.51. The van der Waals surface area contributed by atoms with Crippen molar-refractivity contribution in [3.8, 4) is 11.9 Å². The molecule has 0 bridgehead atoms. The van der Waals surface area contributed by atoms with Crippen molar-refractivity contribution < 1.29 is 22.6 Å². The molecule has 41 heavy (non-hydrogen) atoms. The molecule has 4 atom stereocenters. The van der Waals surface area contributed by atoms with Gasteiger partial charge in [-0.3, -0.25) is 14.6 Å². The molecule has 0 amide bonds. The second kappa shape index (κ2) is 11.2. The number of halogens is 3. The average Bonchev–Trinajstić information content (AvgIpc) is 3.62. The summed E-state index contributed by atoms with van der Waals surface area (Å²) in [4.78, 5) is 13.9. The van der Waals surface area contributed by atoms with Crippen molar-refractivity contribution in [1.82, 2.24) is 24.6 Å². The monoisotopic (exact) mass is 568 g/mol. The molecular weight excluding hydrogens is 537 g/mol. The largest absolute Gasteiger partial charge is 0.474 e. The number of anilines is 1. The summed E-state index contributed by atoms with van der Waals surface area (Å²) in [6.45, 7) is 1.51. The van der Waals surface area contributed by atoms with Crippen LogP contribution in [0.2, 0.25) is 0 Å². The summed E-state index contributed by atoms with van der Waals surface area (Å²) < 4.78 is 52.9. The number of pyridine rings is 1. The van der Waals surface area contributed by atoms with Crippen molar-refractivity contribution in [2.24, 2.45) is 10.9 Å². The maximum Gasteiger partial charge on any atom is 0.433 e. The van der Waals surface area contributed by atoms with E-state index >= 15 is 0 Å². The van der Waals surface area contributed by atoms with E-state index in [0.717, 1.165) is 42.5 Å². The molecule has 5 heterocycles. The summed E-state index contributed by atoms with van der Waals surface area (Å²) in [6.07, 6.45) is 5.28. The molecule has 4 unspecified atom stereocenters. The third-order valence-electron chi connectivity index (χ3n) is 8.28. The number of piperidine rings is 1. The number of H-pyrrole nitrogens is 1. The quantitative estimate of drug-likeness (QED) is 0.405. The highest BCUT2D eigenvalue weighted by atomic mass is 19.4. The Labute approximate surface area is 235 Å². The van der Waals surface area contributed by atoms with E-state index in [1.54, 1.807) is 6.34 Å². The van der Waals surface area contributed by atoms with E-state index < -0.39 is 11.9 Å². The minimum absolute atomic E-state index is 0.0317. The third kappa shape index (κ3) is 5.54. The summed E-state index contributed by atoms with van der Waals surface area (Å²) in [7, 11) is 1.43. The normalized spacial score (nSPS) is 24.8. The number of ether oxygens (including phenoxy) is 2. The van der Waals surface area contributed by atoms with Crippen molar-refractivity contribution in [2.75, 3.05) is 25.5 Å². The van der Waals surface area contributed by atoms with Crippen LogP contribution in [0.1, 0.15) is 60.2 Å². The molecule has 13 heteroatoms. The molecule has 3 aliphatic rings. The Hall–Kier alpha value is -3.89. The molecule has 2 aliphatic heterocycles. The molecule has 10 nitrogen and oxygen atoms in total. The molecule has 3 aromatic rings. The van der Waals surface area contributed by atoms with Gasteiger partial charge >= 0.3 is 6.18 Å². The first-order chi connectivity index (χ1) is 19.8. The number of nitriles is 1. The van der Waals surface area contributed by atoms with Crippen LogP contribution in [0.15, 0.2) is 41.8 Å². The minimum Gasteiger partial charge on any atom is -0.474 e. The fraction of sp³-hybridized carbons (Fsp3) is 0.500. The van der Waals surface area contributed by atoms with Crippen molar-refractivity contribution in [1.29, 1.82) is 5.26 Å². The minimum atomic E-state index is -4.57. The summed E-state index contributed by atoms with van der Waals surface area (Å²) in [5.41, 5.74) is 1.44. The van der Waals surface area contributed by atoms with Crippen LogP contribution < -0.4 is 10.1 Å². The van der Waals surface area contributed by atoms with Crippen LogP contribution >= 0.6 is 0 Å². The van der Waals surface area contributed by atoms with Crippen LogP contribution in [0.3, 0.4) is 0 Å². The Morgan fingerprint density at radius 2 is 2.02 bits per heavy atom. The number of nitrogens with zero attached hydrogens (tertiary/aromatic N) is 6. The summed E-state index contributed by atoms with van der Waals surface area (Å²) in [5, 5.41) is 17.3. The Balaban J connectivity index is 1.08. The highest BCUT2D eigenvalue weighted by molar-refractivity contribution is 5.79. The first kappa shape index (κ1) is 27.3. The van der Waals surface area contributed by atoms with E-state index in [1.807, 2.05) is 29.3 Å². The highest BCUT2D eigenvalue weighted by Gasteiger charge is 2.46. The lowest BCUT2D eigenvalue weighted by molar-refractivity contribution is -0.141. The average molecular weight is 569 g/mol. The van der Waals surface area contributed by atoms with Gasteiger partial charge < -0.3 is 19.8 Å². The summed E-state index contributed by atoms with van der Waals surface area (Å²) in [6, 6.07) is 7.08. The highest BCUT2D eigenvalue weighted by Crippen LogP contribution is 2.45. The van der Waals surface area contributed by atoms with Gasteiger partial charge in [-0.2, -0.15) is 23.5 Å². The number of nitrogens with one attached hydrogen (secondary N) is 2. The maximum atomic E-state index is 13.3. The number of aromatic amines is 1. The zero-order valence-electron chi connectivity index (χ0n) is 22.5. The Kier molecular flexibility index (Phi) is 7.44. The van der Waals surface area contributed by atoms with Gasteiger partial charge in [-0.15, -0.1) is 0 Å². The van der Waals surface area contributed by atoms with E-state index in [9.17, 15) is 18.4 Å². The number of likely N-dealkylation sites (tertiary alicyclic amines) is 1. The standard InChI is InChI=1S/C28H31F3N8O2/c1-40-15-17-10-24(28(29,30)31)37-25(11-17)41-19-4-8-38(9-5-19)22-12-23(20(22)2-6-32)39-14-18(13-36-39)26-21-3-7-33-27(21)35-16-34-26/h3,7,10-11,13-14,16,19-20,22-23,26,33H,2,4-5,8-9,12,15H2,1H3,(H,34,35). The van der Waals surface area contributed by atoms with Crippen molar-refractivity contribution in [3.63, 3.8) is 0 Å². The van der Waals surface area contributed by atoms with Crippen LogP contribution in [-0.2, 0) is 17.5 Å². The van der Waals surface area contributed by atoms with Crippen LogP contribution in [0.25, 0.3) is 0 Å². The third-order valence-corrected chi connectivity index (χ3v) is 8.28. The molecule has 1 saturated carbocycles. The predicted octanol–water partition coefficient (Wildman–Crippen LogP) is 4.70. The van der Waals surface area contributed by atoms with Crippen LogP contribution in [0.5, 0.6) is 5.88 Å². The lowest BCUT2D eigenvalue weighted by Crippen LogP contribution is -2.56. The molecule has 1 saturated heterocycles. The second-order valence-electron chi connectivity index (χ2n) is 10.8. The van der Waals surface area contributed by atoms with Gasteiger partial charge in [0.2, 0.25) is 5.88 Å². The van der Waals surface area contributed by atoms with E-state index in [1.165, 1.54) is 13.2 Å². The first-order valence-electron chi connectivity index (χ1n) is 13.7. The van der Waals surface area contributed by atoms with Gasteiger partial charge in [0.1, 0.15) is 23.7 Å². The Morgan fingerprint density at radius 1 is 1.20 bits per heavy atom. The SMILES string of the molecule is COCc1cc(OC2CCN(C3CC(n4cc(C5N=CNc6[nH]ccc65)cn4)C3CC#N)CC2)nc(C(F)(F)F)c1. The number of hydrogen-bond acceptors (Lipinski definition) is 8. The molecule has 0 radical (unpaired) electrons. The van der Waals surface area contributed by atoms with Crippen molar-refractivity contribution in [3.05, 3.63) is 59.2 Å². The Bertz CT molecular complexity index is 1440. The smallest absolute Gasteiger partial charge is 0.433 e. The van der Waals surface area contributed by atoms with Gasteiger partial charge in [0.05, 0.1) is 31.3 Å². The molecular formula is C28H31F3N8O2. The number of rotatable bonds is 8. The van der Waals surface area contributed by atoms with E-state index in [2.05, 4.69) is 36.3 Å². The van der Waals surface area contributed by atoms with E-state index in [-0.39, 0.29) is 42.6 Å². The topological polar surface area (TPSA) is 116 Å². The fourth-order valence-electron chi connectivity index (χ4n) is 6.20. The van der Waals surface area contributed by atoms with E-state index in [0.29, 0.717) is 24.8 Å². The van der Waals surface area contributed by atoms with Crippen LogP contribution in [0, 0.1) is 17.2 Å². The zero-order valence-corrected chi connectivity index (χ0v) is 22.5. The number of hydrogen-bond donors (Lipinski definition) is 2. The van der Waals surface area contributed by atoms with Crippen LogP contribution in [-0.4, -0.2) is 63.3 Å². The molecule has 1 aliphatic carbocycles. The molecule has 216 valence electrons. The van der Waals surface area contributed by atoms with E-state index in [4.69, 9.17) is 9.47 Å². The molecule has 2 fully saturated rings. The lowest BCUT2D eigenvalue weighted by atomic mass is 9.71. The number of alkyl halides is 3. The molecule has 6 rings (SSSR count). The molecule has 0 aromatic carbocycles. The summed E-state index contributed by atoms with van der Waals surface area (Å²) in [5.74, 6) is 1.03. The maximum absolute atomic E-state index is 13.3. The second-order valence-corrected chi connectivity index (χ2v) is 10.8. The first-order valence-corrected chi connectivity index (χ1v) is 13.7. The van der Waals surface area contributed by atoms with Crippen molar-refractivity contribution >= 4 is 12.2 Å². The number of methoxy groups -OCH3 is 1. The van der Waals surface area contributed by atoms with Crippen molar-refractivity contribution in [2.45, 2.75) is 62.7 Å². The molecule has 0 spiro atoms. The Morgan fingerprint density at radius 3 is 2.78 bits per heavy atom. The number of fused-ring (bicyclic) bond motifs is 1. The zero-order chi connectivity index (χ0) is 28.6.